The van der Waals surface area contributed by atoms with Crippen molar-refractivity contribution in [1.82, 2.24) is 0 Å². The Hall–Kier alpha value is -1.22. The van der Waals surface area contributed by atoms with Crippen molar-refractivity contribution in [3.05, 3.63) is 23.8 Å². The largest absolute Gasteiger partial charge is 0.493 e. The molecule has 1 aromatic rings. The lowest BCUT2D eigenvalue weighted by Crippen LogP contribution is -2.02. The highest BCUT2D eigenvalue weighted by molar-refractivity contribution is 5.43. The lowest BCUT2D eigenvalue weighted by Gasteiger charge is -2.12. The molecule has 0 spiro atoms. The normalized spacial score (nSPS) is 10.7. The number of unbranched alkanes of at least 4 members (excludes halogenated alkanes) is 7. The number of ether oxygens (including phenoxy) is 2. The van der Waals surface area contributed by atoms with Gasteiger partial charge in [-0.1, -0.05) is 57.9 Å². The van der Waals surface area contributed by atoms with Crippen molar-refractivity contribution < 1.29 is 9.47 Å². The molecule has 2 N–H and O–H groups in total. The molecule has 132 valence electrons. The Morgan fingerprint density at radius 1 is 0.870 bits per heavy atom. The summed E-state index contributed by atoms with van der Waals surface area (Å²) in [7, 11) is 1.70. The number of hydrogen-bond acceptors (Lipinski definition) is 3. The Morgan fingerprint density at radius 3 is 2.22 bits per heavy atom. The Balaban J connectivity index is 2.21. The molecular weight excluding hydrogens is 286 g/mol. The van der Waals surface area contributed by atoms with Gasteiger partial charge >= 0.3 is 0 Å². The molecule has 0 fully saturated rings. The van der Waals surface area contributed by atoms with Crippen molar-refractivity contribution in [2.45, 2.75) is 71.1 Å². The van der Waals surface area contributed by atoms with E-state index in [1.807, 2.05) is 6.07 Å². The predicted octanol–water partition coefficient (Wildman–Crippen LogP) is 5.11. The fourth-order valence-electron chi connectivity index (χ4n) is 2.71. The van der Waals surface area contributed by atoms with E-state index in [0.717, 1.165) is 43.9 Å². The lowest BCUT2D eigenvalue weighted by atomic mass is 10.1. The van der Waals surface area contributed by atoms with E-state index in [1.54, 1.807) is 7.11 Å². The summed E-state index contributed by atoms with van der Waals surface area (Å²) >= 11 is 0. The first-order valence-corrected chi connectivity index (χ1v) is 9.31. The molecule has 1 rings (SSSR count). The smallest absolute Gasteiger partial charge is 0.161 e. The molecule has 0 aliphatic carbocycles. The molecule has 3 nitrogen and oxygen atoms in total. The number of nitrogens with two attached hydrogens (primary N) is 1. The second kappa shape index (κ2) is 13.2. The average Bonchev–Trinajstić information content (AvgIpc) is 2.59. The standard InChI is InChI=1S/C20H35NO2/c1-3-4-5-6-7-8-9-10-16-23-19-14-13-18(12-11-15-21)17-20(19)22-2/h13-14,17H,3-12,15-16,21H2,1-2H3. The Labute approximate surface area is 142 Å². The van der Waals surface area contributed by atoms with Crippen LogP contribution in [-0.2, 0) is 6.42 Å². The maximum Gasteiger partial charge on any atom is 0.161 e. The highest BCUT2D eigenvalue weighted by Gasteiger charge is 2.05. The molecule has 0 saturated carbocycles. The fraction of sp³-hybridized carbons (Fsp3) is 0.700. The van der Waals surface area contributed by atoms with Gasteiger partial charge in [-0.05, 0) is 43.5 Å². The van der Waals surface area contributed by atoms with Crippen LogP contribution in [0.1, 0.15) is 70.3 Å². The van der Waals surface area contributed by atoms with Crippen LogP contribution >= 0.6 is 0 Å². The maximum absolute atomic E-state index is 5.88. The van der Waals surface area contributed by atoms with Gasteiger partial charge in [0, 0.05) is 0 Å². The number of rotatable bonds is 14. The topological polar surface area (TPSA) is 44.5 Å². The van der Waals surface area contributed by atoms with Crippen LogP contribution in [0.2, 0.25) is 0 Å². The van der Waals surface area contributed by atoms with Gasteiger partial charge in [-0.3, -0.25) is 0 Å². The van der Waals surface area contributed by atoms with Gasteiger partial charge in [0.1, 0.15) is 0 Å². The van der Waals surface area contributed by atoms with Crippen LogP contribution in [0.5, 0.6) is 11.5 Å². The van der Waals surface area contributed by atoms with E-state index in [2.05, 4.69) is 19.1 Å². The zero-order chi connectivity index (χ0) is 16.8. The van der Waals surface area contributed by atoms with Crippen LogP contribution in [0.25, 0.3) is 0 Å². The van der Waals surface area contributed by atoms with Crippen molar-refractivity contribution in [1.29, 1.82) is 0 Å². The van der Waals surface area contributed by atoms with E-state index in [4.69, 9.17) is 15.2 Å². The maximum atomic E-state index is 5.88. The average molecular weight is 322 g/mol. The van der Waals surface area contributed by atoms with Gasteiger partial charge in [-0.25, -0.2) is 0 Å². The van der Waals surface area contributed by atoms with E-state index in [1.165, 1.54) is 50.5 Å². The first kappa shape index (κ1) is 19.8. The third-order valence-corrected chi connectivity index (χ3v) is 4.15. The number of aryl methyl sites for hydroxylation is 1. The first-order valence-electron chi connectivity index (χ1n) is 9.31. The molecule has 0 radical (unpaired) electrons. The molecule has 3 heteroatoms. The fourth-order valence-corrected chi connectivity index (χ4v) is 2.71. The third kappa shape index (κ3) is 8.85. The number of benzene rings is 1. The summed E-state index contributed by atoms with van der Waals surface area (Å²) in [6.07, 6.45) is 12.5. The minimum atomic E-state index is 0.721. The quantitative estimate of drug-likeness (QED) is 0.484. The van der Waals surface area contributed by atoms with Gasteiger partial charge in [0.25, 0.3) is 0 Å². The highest BCUT2D eigenvalue weighted by Crippen LogP contribution is 2.28. The van der Waals surface area contributed by atoms with Crippen LogP contribution in [0.4, 0.5) is 0 Å². The summed E-state index contributed by atoms with van der Waals surface area (Å²) in [6.45, 7) is 3.75. The monoisotopic (exact) mass is 321 g/mol. The minimum Gasteiger partial charge on any atom is -0.493 e. The molecule has 0 saturated heterocycles. The predicted molar refractivity (Wildman–Crippen MR) is 98.5 cm³/mol. The number of methoxy groups -OCH3 is 1. The summed E-state index contributed by atoms with van der Waals surface area (Å²) in [5, 5.41) is 0. The SMILES string of the molecule is CCCCCCCCCCOc1ccc(CCCN)cc1OC. The van der Waals surface area contributed by atoms with Gasteiger partial charge in [0.2, 0.25) is 0 Å². The minimum absolute atomic E-state index is 0.721. The van der Waals surface area contributed by atoms with Crippen LogP contribution in [0.3, 0.4) is 0 Å². The molecule has 23 heavy (non-hydrogen) atoms. The van der Waals surface area contributed by atoms with E-state index >= 15 is 0 Å². The van der Waals surface area contributed by atoms with Crippen LogP contribution in [0.15, 0.2) is 18.2 Å². The second-order valence-electron chi connectivity index (χ2n) is 6.20. The second-order valence-corrected chi connectivity index (χ2v) is 6.20. The summed E-state index contributed by atoms with van der Waals surface area (Å²) in [5.74, 6) is 1.69. The molecule has 1 aromatic carbocycles. The molecule has 0 aromatic heterocycles. The van der Waals surface area contributed by atoms with Crippen molar-refractivity contribution >= 4 is 0 Å². The summed E-state index contributed by atoms with van der Waals surface area (Å²) in [4.78, 5) is 0. The zero-order valence-electron chi connectivity index (χ0n) is 15.1. The van der Waals surface area contributed by atoms with E-state index in [9.17, 15) is 0 Å². The molecule has 0 aliphatic heterocycles. The van der Waals surface area contributed by atoms with Crippen molar-refractivity contribution in [2.24, 2.45) is 5.73 Å². The molecule has 0 heterocycles. The Kier molecular flexibility index (Phi) is 11.4. The van der Waals surface area contributed by atoms with Gasteiger partial charge in [0.05, 0.1) is 13.7 Å². The molecule has 0 amide bonds. The molecule has 0 bridgehead atoms. The molecule has 0 atom stereocenters. The summed E-state index contributed by atoms with van der Waals surface area (Å²) < 4.78 is 11.3. The van der Waals surface area contributed by atoms with Crippen molar-refractivity contribution in [2.75, 3.05) is 20.3 Å². The van der Waals surface area contributed by atoms with E-state index in [0.29, 0.717) is 0 Å². The first-order chi connectivity index (χ1) is 11.3. The van der Waals surface area contributed by atoms with Crippen LogP contribution in [-0.4, -0.2) is 20.3 Å². The summed E-state index contributed by atoms with van der Waals surface area (Å²) in [6, 6.07) is 6.20. The van der Waals surface area contributed by atoms with Crippen molar-refractivity contribution in [3.8, 4) is 11.5 Å². The van der Waals surface area contributed by atoms with Gasteiger partial charge in [0.15, 0.2) is 11.5 Å². The zero-order valence-corrected chi connectivity index (χ0v) is 15.1. The van der Waals surface area contributed by atoms with Gasteiger partial charge in [-0.15, -0.1) is 0 Å². The van der Waals surface area contributed by atoms with Crippen molar-refractivity contribution in [3.63, 3.8) is 0 Å². The van der Waals surface area contributed by atoms with Gasteiger partial charge < -0.3 is 15.2 Å². The molecular formula is C20H35NO2. The lowest BCUT2D eigenvalue weighted by molar-refractivity contribution is 0.284. The van der Waals surface area contributed by atoms with E-state index in [-0.39, 0.29) is 0 Å². The van der Waals surface area contributed by atoms with Crippen LogP contribution in [0, 0.1) is 0 Å². The van der Waals surface area contributed by atoms with Gasteiger partial charge in [-0.2, -0.15) is 0 Å². The highest BCUT2D eigenvalue weighted by atomic mass is 16.5. The Morgan fingerprint density at radius 2 is 1.57 bits per heavy atom. The number of hydrogen-bond donors (Lipinski definition) is 1. The van der Waals surface area contributed by atoms with E-state index < -0.39 is 0 Å². The third-order valence-electron chi connectivity index (χ3n) is 4.15. The Bertz CT molecular complexity index is 407. The molecule has 0 unspecified atom stereocenters. The molecule has 0 aliphatic rings. The van der Waals surface area contributed by atoms with Crippen LogP contribution < -0.4 is 15.2 Å². The summed E-state index contributed by atoms with van der Waals surface area (Å²) in [5.41, 5.74) is 6.82.